The molecule has 2 aromatic rings. The number of aromatic nitrogens is 1. The molecule has 1 aromatic carbocycles. The summed E-state index contributed by atoms with van der Waals surface area (Å²) in [6.45, 7) is 5.80. The van der Waals surface area contributed by atoms with Gasteiger partial charge in [0.05, 0.1) is 5.02 Å². The Balaban J connectivity index is 2.35. The Morgan fingerprint density at radius 1 is 1.43 bits per heavy atom. The van der Waals surface area contributed by atoms with Gasteiger partial charge in [0.2, 0.25) is 0 Å². The first-order valence-electron chi connectivity index (χ1n) is 7.06. The first-order valence-corrected chi connectivity index (χ1v) is 7.44. The molecule has 1 N–H and O–H groups in total. The van der Waals surface area contributed by atoms with Crippen molar-refractivity contribution in [1.29, 1.82) is 0 Å². The van der Waals surface area contributed by atoms with Gasteiger partial charge in [0, 0.05) is 11.6 Å². The highest BCUT2D eigenvalue weighted by Crippen LogP contribution is 2.30. The van der Waals surface area contributed by atoms with E-state index >= 15 is 0 Å². The molecule has 1 atom stereocenters. The second kappa shape index (κ2) is 6.76. The van der Waals surface area contributed by atoms with Gasteiger partial charge in [-0.25, -0.2) is 0 Å². The zero-order chi connectivity index (χ0) is 15.4. The molecule has 1 aromatic heterocycles. The van der Waals surface area contributed by atoms with Crippen LogP contribution in [-0.4, -0.2) is 17.1 Å². The van der Waals surface area contributed by atoms with Gasteiger partial charge >= 0.3 is 0 Å². The predicted octanol–water partition coefficient (Wildman–Crippen LogP) is 4.22. The highest BCUT2D eigenvalue weighted by Gasteiger charge is 2.23. The Bertz CT molecular complexity index is 637. The molecule has 0 aliphatic heterocycles. The lowest BCUT2D eigenvalue weighted by atomic mass is 10.0. The maximum absolute atomic E-state index is 12.5. The van der Waals surface area contributed by atoms with E-state index in [1.165, 1.54) is 0 Å². The van der Waals surface area contributed by atoms with Crippen LogP contribution in [0, 0.1) is 6.92 Å². The number of hydrogen-bond acceptors (Lipinski definition) is 3. The molecule has 0 aliphatic carbocycles. The Labute approximate surface area is 129 Å². The predicted molar refractivity (Wildman–Crippen MR) is 83.5 cm³/mol. The summed E-state index contributed by atoms with van der Waals surface area (Å²) >= 11 is 6.19. The van der Waals surface area contributed by atoms with Gasteiger partial charge in [0.15, 0.2) is 0 Å². The Morgan fingerprint density at radius 2 is 2.14 bits per heavy atom. The molecule has 0 saturated heterocycles. The summed E-state index contributed by atoms with van der Waals surface area (Å²) in [5.41, 5.74) is 1.63. The number of aryl methyl sites for hydroxylation is 1. The third-order valence-corrected chi connectivity index (χ3v) is 3.65. The topological polar surface area (TPSA) is 55.1 Å². The van der Waals surface area contributed by atoms with Gasteiger partial charge in [-0.3, -0.25) is 4.79 Å². The molecule has 5 heteroatoms. The fourth-order valence-electron chi connectivity index (χ4n) is 2.28. The molecule has 1 amide bonds. The van der Waals surface area contributed by atoms with Crippen LogP contribution in [0.2, 0.25) is 5.02 Å². The lowest BCUT2D eigenvalue weighted by Crippen LogP contribution is -2.32. The van der Waals surface area contributed by atoms with Crippen molar-refractivity contribution in [1.82, 2.24) is 10.5 Å². The van der Waals surface area contributed by atoms with E-state index in [-0.39, 0.29) is 11.9 Å². The lowest BCUT2D eigenvalue weighted by Gasteiger charge is -2.13. The number of benzene rings is 1. The minimum atomic E-state index is -0.176. The van der Waals surface area contributed by atoms with Crippen molar-refractivity contribution < 1.29 is 9.32 Å². The number of amides is 1. The molecule has 0 radical (unpaired) electrons. The molecule has 0 bridgehead atoms. The fraction of sp³-hybridized carbons (Fsp3) is 0.375. The number of nitrogens with zero attached hydrogens (tertiary/aromatic N) is 1. The third kappa shape index (κ3) is 3.45. The van der Waals surface area contributed by atoms with Crippen LogP contribution in [0.1, 0.15) is 42.8 Å². The van der Waals surface area contributed by atoms with Crippen molar-refractivity contribution in [3.8, 4) is 11.3 Å². The van der Waals surface area contributed by atoms with Crippen LogP contribution in [0.15, 0.2) is 28.8 Å². The number of carbonyl (C=O) groups excluding carboxylic acids is 1. The summed E-state index contributed by atoms with van der Waals surface area (Å²) in [6.07, 6.45) is 1.94. The summed E-state index contributed by atoms with van der Waals surface area (Å²) in [5, 5.41) is 7.52. The van der Waals surface area contributed by atoms with Crippen LogP contribution in [0.25, 0.3) is 11.3 Å². The zero-order valence-corrected chi connectivity index (χ0v) is 13.2. The van der Waals surface area contributed by atoms with E-state index in [4.69, 9.17) is 16.1 Å². The van der Waals surface area contributed by atoms with Crippen LogP contribution in [-0.2, 0) is 0 Å². The van der Waals surface area contributed by atoms with Crippen molar-refractivity contribution >= 4 is 17.5 Å². The number of nitrogens with one attached hydrogen (secondary N) is 1. The first-order chi connectivity index (χ1) is 10.0. The van der Waals surface area contributed by atoms with Crippen molar-refractivity contribution in [2.75, 3.05) is 0 Å². The van der Waals surface area contributed by atoms with Gasteiger partial charge in [-0.15, -0.1) is 0 Å². The van der Waals surface area contributed by atoms with Crippen molar-refractivity contribution in [3.63, 3.8) is 0 Å². The minimum Gasteiger partial charge on any atom is -0.360 e. The molecule has 112 valence electrons. The van der Waals surface area contributed by atoms with Crippen molar-refractivity contribution in [3.05, 3.63) is 40.6 Å². The van der Waals surface area contributed by atoms with Gasteiger partial charge in [-0.05, 0) is 26.3 Å². The normalized spacial score (nSPS) is 12.2. The van der Waals surface area contributed by atoms with Crippen LogP contribution in [0.5, 0.6) is 0 Å². The van der Waals surface area contributed by atoms with E-state index < -0.39 is 0 Å². The van der Waals surface area contributed by atoms with Crippen LogP contribution in [0.3, 0.4) is 0 Å². The van der Waals surface area contributed by atoms with Gasteiger partial charge in [-0.1, -0.05) is 48.3 Å². The van der Waals surface area contributed by atoms with E-state index in [1.54, 1.807) is 13.0 Å². The molecule has 0 aliphatic rings. The number of halogens is 1. The van der Waals surface area contributed by atoms with Crippen molar-refractivity contribution in [2.24, 2.45) is 0 Å². The fourth-order valence-corrected chi connectivity index (χ4v) is 2.50. The van der Waals surface area contributed by atoms with Gasteiger partial charge in [0.25, 0.3) is 5.91 Å². The summed E-state index contributed by atoms with van der Waals surface area (Å²) in [5.74, 6) is 0.315. The maximum Gasteiger partial charge on any atom is 0.257 e. The van der Waals surface area contributed by atoms with Crippen LogP contribution < -0.4 is 5.32 Å². The summed E-state index contributed by atoms with van der Waals surface area (Å²) in [6, 6.07) is 7.39. The highest BCUT2D eigenvalue weighted by molar-refractivity contribution is 6.33. The second-order valence-electron chi connectivity index (χ2n) is 5.11. The monoisotopic (exact) mass is 306 g/mol. The SMILES string of the molecule is CCC[C@@H](C)NC(=O)c1c(-c2ccccc2Cl)noc1C. The maximum atomic E-state index is 12.5. The Hall–Kier alpha value is -1.81. The van der Waals surface area contributed by atoms with Crippen molar-refractivity contribution in [2.45, 2.75) is 39.7 Å². The van der Waals surface area contributed by atoms with Gasteiger partial charge in [-0.2, -0.15) is 0 Å². The Morgan fingerprint density at radius 3 is 2.81 bits per heavy atom. The smallest absolute Gasteiger partial charge is 0.257 e. The number of hydrogen-bond donors (Lipinski definition) is 1. The minimum absolute atomic E-state index is 0.107. The molecule has 0 unspecified atom stereocenters. The average molecular weight is 307 g/mol. The zero-order valence-electron chi connectivity index (χ0n) is 12.4. The first kappa shape index (κ1) is 15.6. The quantitative estimate of drug-likeness (QED) is 0.899. The standard InChI is InChI=1S/C16H19ClN2O2/c1-4-7-10(2)18-16(20)14-11(3)21-19-15(14)12-8-5-6-9-13(12)17/h5-6,8-10H,4,7H2,1-3H3,(H,18,20)/t10-/m1/s1. The van der Waals surface area contributed by atoms with Crippen LogP contribution in [0.4, 0.5) is 0 Å². The van der Waals surface area contributed by atoms with E-state index in [1.807, 2.05) is 25.1 Å². The number of carbonyl (C=O) groups is 1. The molecule has 2 rings (SSSR count). The molecule has 0 saturated carbocycles. The summed E-state index contributed by atoms with van der Waals surface area (Å²) in [4.78, 5) is 12.5. The third-order valence-electron chi connectivity index (χ3n) is 3.32. The van der Waals surface area contributed by atoms with E-state index in [9.17, 15) is 4.79 Å². The molecule has 1 heterocycles. The Kier molecular flexibility index (Phi) is 5.02. The van der Waals surface area contributed by atoms with Crippen LogP contribution >= 0.6 is 11.6 Å². The van der Waals surface area contributed by atoms with E-state index in [0.717, 1.165) is 12.8 Å². The number of rotatable bonds is 5. The van der Waals surface area contributed by atoms with Gasteiger partial charge in [0.1, 0.15) is 17.0 Å². The largest absolute Gasteiger partial charge is 0.360 e. The molecular formula is C16H19ClN2O2. The van der Waals surface area contributed by atoms with E-state index in [0.29, 0.717) is 27.6 Å². The molecule has 4 nitrogen and oxygen atoms in total. The van der Waals surface area contributed by atoms with Gasteiger partial charge < -0.3 is 9.84 Å². The summed E-state index contributed by atoms with van der Waals surface area (Å²) < 4.78 is 5.20. The van der Waals surface area contributed by atoms with E-state index in [2.05, 4.69) is 17.4 Å². The molecule has 0 fully saturated rings. The molecular weight excluding hydrogens is 288 g/mol. The molecule has 21 heavy (non-hydrogen) atoms. The second-order valence-corrected chi connectivity index (χ2v) is 5.51. The highest BCUT2D eigenvalue weighted by atomic mass is 35.5. The lowest BCUT2D eigenvalue weighted by molar-refractivity contribution is 0.0937. The summed E-state index contributed by atoms with van der Waals surface area (Å²) in [7, 11) is 0. The molecule has 0 spiro atoms. The average Bonchev–Trinajstić information content (AvgIpc) is 2.81.